The number of carbonyl (C=O) groups is 1. The van der Waals surface area contributed by atoms with Gasteiger partial charge in [-0.05, 0) is 39.9 Å². The van der Waals surface area contributed by atoms with Gasteiger partial charge in [0.05, 0.1) is 23.7 Å². The number of ether oxygens (including phenoxy) is 1. The number of fused-ring (bicyclic) bond motifs is 2. The average molecular weight is 256 g/mol. The molecule has 1 amide bonds. The maximum Gasteiger partial charge on any atom is 0.411 e. The Balaban J connectivity index is 2.12. The smallest absolute Gasteiger partial charge is 0.411 e. The first-order chi connectivity index (χ1) is 7.92. The zero-order valence-corrected chi connectivity index (χ0v) is 11.7. The first-order valence-corrected chi connectivity index (χ1v) is 7.24. The lowest BCUT2D eigenvalue weighted by Crippen LogP contribution is -2.50. The molecule has 1 fully saturated rings. The topological polar surface area (TPSA) is 41.9 Å². The molecule has 2 rings (SSSR count). The first kappa shape index (κ1) is 12.7. The molecular weight excluding hydrogens is 236 g/mol. The molecule has 96 valence electrons. The third-order valence-electron chi connectivity index (χ3n) is 3.06. The van der Waals surface area contributed by atoms with Crippen LogP contribution in [0.3, 0.4) is 0 Å². The molecule has 17 heavy (non-hydrogen) atoms. The second-order valence-corrected chi connectivity index (χ2v) is 6.34. The van der Waals surface area contributed by atoms with E-state index in [0.717, 1.165) is 24.4 Å². The van der Waals surface area contributed by atoms with Gasteiger partial charge >= 0.3 is 6.09 Å². The van der Waals surface area contributed by atoms with Crippen molar-refractivity contribution in [2.75, 3.05) is 12.8 Å². The Morgan fingerprint density at radius 2 is 2.18 bits per heavy atom. The van der Waals surface area contributed by atoms with Crippen molar-refractivity contribution in [2.24, 2.45) is 4.99 Å². The summed E-state index contributed by atoms with van der Waals surface area (Å²) in [4.78, 5) is 18.6. The van der Waals surface area contributed by atoms with E-state index < -0.39 is 5.60 Å². The minimum absolute atomic E-state index is 0.151. The Morgan fingerprint density at radius 3 is 2.76 bits per heavy atom. The molecule has 1 saturated heterocycles. The van der Waals surface area contributed by atoms with Crippen LogP contribution in [0.15, 0.2) is 4.99 Å². The summed E-state index contributed by atoms with van der Waals surface area (Å²) in [5, 5.41) is 1.07. The standard InChI is InChI=1S/C12H20N2O2S/c1-12(2,3)16-11(15)14-8-5-6-9(14)10(17-4)13-7-8/h8-9H,5-7H2,1-4H3/t8-,9+/m0/s1. The van der Waals surface area contributed by atoms with Crippen LogP contribution >= 0.6 is 11.8 Å². The lowest BCUT2D eigenvalue weighted by atomic mass is 10.2. The highest BCUT2D eigenvalue weighted by Gasteiger charge is 2.43. The van der Waals surface area contributed by atoms with E-state index in [4.69, 9.17) is 4.74 Å². The van der Waals surface area contributed by atoms with Gasteiger partial charge in [0.15, 0.2) is 0 Å². The zero-order valence-electron chi connectivity index (χ0n) is 10.9. The van der Waals surface area contributed by atoms with Crippen molar-refractivity contribution >= 4 is 22.9 Å². The summed E-state index contributed by atoms with van der Waals surface area (Å²) in [6, 6.07) is 0.393. The molecule has 0 radical (unpaired) electrons. The number of aliphatic imine (C=N–C) groups is 1. The Hall–Kier alpha value is -0.710. The van der Waals surface area contributed by atoms with Crippen LogP contribution in [-0.2, 0) is 4.74 Å². The predicted molar refractivity (Wildman–Crippen MR) is 70.7 cm³/mol. The molecule has 0 aromatic carbocycles. The van der Waals surface area contributed by atoms with Crippen molar-refractivity contribution in [3.8, 4) is 0 Å². The molecule has 2 heterocycles. The zero-order chi connectivity index (χ0) is 12.6. The van der Waals surface area contributed by atoms with Crippen molar-refractivity contribution in [2.45, 2.75) is 51.3 Å². The van der Waals surface area contributed by atoms with Gasteiger partial charge in [0, 0.05) is 0 Å². The van der Waals surface area contributed by atoms with E-state index in [-0.39, 0.29) is 18.2 Å². The summed E-state index contributed by atoms with van der Waals surface area (Å²) in [5.74, 6) is 0. The van der Waals surface area contributed by atoms with Crippen molar-refractivity contribution in [3.63, 3.8) is 0 Å². The maximum absolute atomic E-state index is 12.2. The fourth-order valence-electron chi connectivity index (χ4n) is 2.40. The number of thioether (sulfide) groups is 1. The van der Waals surface area contributed by atoms with Gasteiger partial charge in [-0.25, -0.2) is 4.79 Å². The fraction of sp³-hybridized carbons (Fsp3) is 0.833. The third-order valence-corrected chi connectivity index (χ3v) is 3.88. The molecule has 0 spiro atoms. The third kappa shape index (κ3) is 2.59. The highest BCUT2D eigenvalue weighted by atomic mass is 32.2. The Morgan fingerprint density at radius 1 is 1.47 bits per heavy atom. The van der Waals surface area contributed by atoms with Crippen molar-refractivity contribution < 1.29 is 9.53 Å². The number of nitrogens with zero attached hydrogens (tertiary/aromatic N) is 2. The molecule has 4 nitrogen and oxygen atoms in total. The summed E-state index contributed by atoms with van der Waals surface area (Å²) >= 11 is 1.64. The quantitative estimate of drug-likeness (QED) is 0.669. The predicted octanol–water partition coefficient (Wildman–Crippen LogP) is 2.53. The van der Waals surface area contributed by atoms with Crippen molar-refractivity contribution in [1.82, 2.24) is 4.90 Å². The van der Waals surface area contributed by atoms with Crippen molar-refractivity contribution in [3.05, 3.63) is 0 Å². The Labute approximate surface area is 107 Å². The van der Waals surface area contributed by atoms with Crippen LogP contribution in [0.2, 0.25) is 0 Å². The van der Waals surface area contributed by atoms with Crippen LogP contribution in [0.4, 0.5) is 4.79 Å². The number of amides is 1. The van der Waals surface area contributed by atoms with Gasteiger partial charge in [-0.1, -0.05) is 0 Å². The molecular formula is C12H20N2O2S. The molecule has 0 unspecified atom stereocenters. The molecule has 0 aromatic heterocycles. The minimum Gasteiger partial charge on any atom is -0.444 e. The van der Waals surface area contributed by atoms with E-state index in [1.807, 2.05) is 31.9 Å². The molecule has 5 heteroatoms. The van der Waals surface area contributed by atoms with Gasteiger partial charge in [-0.3, -0.25) is 9.89 Å². The van der Waals surface area contributed by atoms with E-state index in [9.17, 15) is 4.79 Å². The molecule has 2 atom stereocenters. The van der Waals surface area contributed by atoms with Crippen LogP contribution in [0.1, 0.15) is 33.6 Å². The summed E-state index contributed by atoms with van der Waals surface area (Å²) in [5.41, 5.74) is -0.426. The average Bonchev–Trinajstić information content (AvgIpc) is 2.52. The molecule has 2 aliphatic heterocycles. The number of hydrogen-bond donors (Lipinski definition) is 0. The van der Waals surface area contributed by atoms with Crippen LogP contribution < -0.4 is 0 Å². The van der Waals surface area contributed by atoms with Gasteiger partial charge in [0.25, 0.3) is 0 Å². The van der Waals surface area contributed by atoms with E-state index in [0.29, 0.717) is 0 Å². The Kier molecular flexibility index (Phi) is 3.39. The maximum atomic E-state index is 12.2. The van der Waals surface area contributed by atoms with Gasteiger partial charge in [-0.2, -0.15) is 0 Å². The summed E-state index contributed by atoms with van der Waals surface area (Å²) in [7, 11) is 0. The van der Waals surface area contributed by atoms with E-state index >= 15 is 0 Å². The molecule has 0 N–H and O–H groups in total. The molecule has 0 aromatic rings. The van der Waals surface area contributed by atoms with Crippen molar-refractivity contribution in [1.29, 1.82) is 0 Å². The second kappa shape index (κ2) is 4.52. The second-order valence-electron chi connectivity index (χ2n) is 5.52. The molecule has 0 saturated carbocycles. The highest BCUT2D eigenvalue weighted by Crippen LogP contribution is 2.33. The largest absolute Gasteiger partial charge is 0.444 e. The van der Waals surface area contributed by atoms with Gasteiger partial charge in [0.1, 0.15) is 5.60 Å². The monoisotopic (exact) mass is 256 g/mol. The number of hydrogen-bond acceptors (Lipinski definition) is 4. The SMILES string of the molecule is CSC1=NC[C@@H]2CC[C@H]1N2C(=O)OC(C)(C)C. The Bertz CT molecular complexity index is 349. The minimum atomic E-state index is -0.426. The van der Waals surface area contributed by atoms with Gasteiger partial charge in [0.2, 0.25) is 0 Å². The number of carbonyl (C=O) groups excluding carboxylic acids is 1. The van der Waals surface area contributed by atoms with Crippen LogP contribution in [0.25, 0.3) is 0 Å². The molecule has 0 aliphatic carbocycles. The van der Waals surface area contributed by atoms with E-state index in [2.05, 4.69) is 4.99 Å². The lowest BCUT2D eigenvalue weighted by Gasteiger charge is -2.35. The fourth-order valence-corrected chi connectivity index (χ4v) is 3.10. The molecule has 2 aliphatic rings. The lowest BCUT2D eigenvalue weighted by molar-refractivity contribution is 0.0191. The summed E-state index contributed by atoms with van der Waals surface area (Å²) < 4.78 is 5.47. The number of rotatable bonds is 0. The van der Waals surface area contributed by atoms with Crippen LogP contribution in [-0.4, -0.2) is 46.5 Å². The van der Waals surface area contributed by atoms with E-state index in [1.165, 1.54) is 0 Å². The van der Waals surface area contributed by atoms with Crippen LogP contribution in [0.5, 0.6) is 0 Å². The van der Waals surface area contributed by atoms with Gasteiger partial charge < -0.3 is 4.74 Å². The molecule has 2 bridgehead atoms. The normalized spacial score (nSPS) is 28.0. The highest BCUT2D eigenvalue weighted by molar-refractivity contribution is 8.13. The summed E-state index contributed by atoms with van der Waals surface area (Å²) in [6.07, 6.45) is 3.89. The van der Waals surface area contributed by atoms with E-state index in [1.54, 1.807) is 11.8 Å². The summed E-state index contributed by atoms with van der Waals surface area (Å²) in [6.45, 7) is 6.44. The van der Waals surface area contributed by atoms with Crippen LogP contribution in [0, 0.1) is 0 Å². The van der Waals surface area contributed by atoms with Gasteiger partial charge in [-0.15, -0.1) is 11.8 Å². The first-order valence-electron chi connectivity index (χ1n) is 6.02.